The van der Waals surface area contributed by atoms with E-state index in [1.54, 1.807) is 12.1 Å². The highest BCUT2D eigenvalue weighted by Crippen LogP contribution is 2.29. The van der Waals surface area contributed by atoms with Gasteiger partial charge in [-0.2, -0.15) is 0 Å². The number of unbranched alkanes of at least 4 members (excludes halogenated alkanes) is 2. The lowest BCUT2D eigenvalue weighted by atomic mass is 10.0. The molecule has 0 radical (unpaired) electrons. The van der Waals surface area contributed by atoms with E-state index in [1.165, 1.54) is 12.1 Å². The minimum Gasteiger partial charge on any atom is -0.481 e. The van der Waals surface area contributed by atoms with Crippen molar-refractivity contribution in [1.29, 1.82) is 0 Å². The Kier molecular flexibility index (Phi) is 6.73. The van der Waals surface area contributed by atoms with Crippen molar-refractivity contribution in [3.8, 4) is 28.3 Å². The third kappa shape index (κ3) is 5.64. The van der Waals surface area contributed by atoms with Gasteiger partial charge in [0.1, 0.15) is 5.82 Å². The number of hydrogen-bond acceptors (Lipinski definition) is 3. The molecule has 0 bridgehead atoms. The van der Waals surface area contributed by atoms with Gasteiger partial charge in [0.15, 0.2) is 0 Å². The first-order valence-electron chi connectivity index (χ1n) is 9.30. The van der Waals surface area contributed by atoms with E-state index in [0.29, 0.717) is 24.6 Å². The molecule has 4 nitrogen and oxygen atoms in total. The number of carboxylic acid groups (broad SMARTS) is 1. The van der Waals surface area contributed by atoms with Gasteiger partial charge in [-0.15, -0.1) is 0 Å². The molecule has 3 rings (SSSR count). The van der Waals surface area contributed by atoms with Crippen LogP contribution in [0.2, 0.25) is 0 Å². The molecule has 144 valence electrons. The molecule has 0 saturated heterocycles. The van der Waals surface area contributed by atoms with Crippen molar-refractivity contribution >= 4 is 5.97 Å². The Bertz CT molecular complexity index is 911. The number of aromatic nitrogens is 1. The van der Waals surface area contributed by atoms with Crippen molar-refractivity contribution in [3.63, 3.8) is 0 Å². The zero-order chi connectivity index (χ0) is 19.8. The SMILES string of the molecule is O=C(O)CCCCCOc1cc(-c2ccccc2)cc(-c2ccc(F)cc2)n1. The summed E-state index contributed by atoms with van der Waals surface area (Å²) in [5, 5.41) is 8.68. The highest BCUT2D eigenvalue weighted by molar-refractivity contribution is 5.71. The monoisotopic (exact) mass is 379 g/mol. The van der Waals surface area contributed by atoms with Gasteiger partial charge in [-0.1, -0.05) is 30.3 Å². The summed E-state index contributed by atoms with van der Waals surface area (Å²) >= 11 is 0. The summed E-state index contributed by atoms with van der Waals surface area (Å²) in [4.78, 5) is 15.1. The molecule has 0 atom stereocenters. The van der Waals surface area contributed by atoms with E-state index < -0.39 is 5.97 Å². The fourth-order valence-electron chi connectivity index (χ4n) is 2.88. The fraction of sp³-hybridized carbons (Fsp3) is 0.217. The van der Waals surface area contributed by atoms with E-state index in [1.807, 2.05) is 42.5 Å². The van der Waals surface area contributed by atoms with Gasteiger partial charge in [0.2, 0.25) is 5.88 Å². The molecule has 0 amide bonds. The molecule has 0 aliphatic rings. The van der Waals surface area contributed by atoms with Crippen LogP contribution in [0.4, 0.5) is 4.39 Å². The summed E-state index contributed by atoms with van der Waals surface area (Å²) in [5.41, 5.74) is 3.53. The number of halogens is 1. The van der Waals surface area contributed by atoms with Crippen LogP contribution in [0.1, 0.15) is 25.7 Å². The largest absolute Gasteiger partial charge is 0.481 e. The summed E-state index contributed by atoms with van der Waals surface area (Å²) in [6.07, 6.45) is 2.36. The number of nitrogens with zero attached hydrogens (tertiary/aromatic N) is 1. The van der Waals surface area contributed by atoms with Crippen molar-refractivity contribution < 1.29 is 19.0 Å². The molecule has 0 spiro atoms. The molecule has 1 N–H and O–H groups in total. The van der Waals surface area contributed by atoms with Gasteiger partial charge in [-0.3, -0.25) is 4.79 Å². The van der Waals surface area contributed by atoms with E-state index in [0.717, 1.165) is 29.5 Å². The Hall–Kier alpha value is -3.21. The Morgan fingerprint density at radius 1 is 0.893 bits per heavy atom. The maximum Gasteiger partial charge on any atom is 0.303 e. The highest BCUT2D eigenvalue weighted by Gasteiger charge is 2.08. The van der Waals surface area contributed by atoms with Gasteiger partial charge < -0.3 is 9.84 Å². The smallest absolute Gasteiger partial charge is 0.303 e. The van der Waals surface area contributed by atoms with E-state index in [2.05, 4.69) is 4.98 Å². The second kappa shape index (κ2) is 9.65. The Labute approximate surface area is 163 Å². The molecule has 0 aliphatic heterocycles. The third-order valence-corrected chi connectivity index (χ3v) is 4.33. The average molecular weight is 379 g/mol. The van der Waals surface area contributed by atoms with Crippen LogP contribution in [0, 0.1) is 5.82 Å². The van der Waals surface area contributed by atoms with Crippen LogP contribution in [0.3, 0.4) is 0 Å². The average Bonchev–Trinajstić information content (AvgIpc) is 2.71. The zero-order valence-corrected chi connectivity index (χ0v) is 15.5. The van der Waals surface area contributed by atoms with Crippen molar-refractivity contribution in [2.24, 2.45) is 0 Å². The van der Waals surface area contributed by atoms with Crippen LogP contribution in [-0.4, -0.2) is 22.7 Å². The number of carbonyl (C=O) groups is 1. The summed E-state index contributed by atoms with van der Waals surface area (Å²) in [7, 11) is 0. The molecular weight excluding hydrogens is 357 g/mol. The molecular formula is C23H22FNO3. The molecule has 1 aromatic heterocycles. The van der Waals surface area contributed by atoms with Crippen molar-refractivity contribution in [2.75, 3.05) is 6.61 Å². The van der Waals surface area contributed by atoms with Crippen LogP contribution in [-0.2, 0) is 4.79 Å². The van der Waals surface area contributed by atoms with Crippen LogP contribution < -0.4 is 4.74 Å². The number of aliphatic carboxylic acids is 1. The number of carboxylic acids is 1. The van der Waals surface area contributed by atoms with Crippen LogP contribution in [0.15, 0.2) is 66.7 Å². The second-order valence-electron chi connectivity index (χ2n) is 6.51. The van der Waals surface area contributed by atoms with E-state index in [9.17, 15) is 9.18 Å². The van der Waals surface area contributed by atoms with Gasteiger partial charge in [0.05, 0.1) is 12.3 Å². The molecule has 5 heteroatoms. The van der Waals surface area contributed by atoms with Crippen molar-refractivity contribution in [2.45, 2.75) is 25.7 Å². The number of benzene rings is 2. The van der Waals surface area contributed by atoms with Crippen LogP contribution in [0.25, 0.3) is 22.4 Å². The third-order valence-electron chi connectivity index (χ3n) is 4.33. The lowest BCUT2D eigenvalue weighted by Crippen LogP contribution is -2.01. The lowest BCUT2D eigenvalue weighted by molar-refractivity contribution is -0.137. The summed E-state index contributed by atoms with van der Waals surface area (Å²) in [6, 6.07) is 20.0. The first-order valence-corrected chi connectivity index (χ1v) is 9.30. The Balaban J connectivity index is 1.77. The Morgan fingerprint density at radius 2 is 1.64 bits per heavy atom. The van der Waals surface area contributed by atoms with Crippen molar-refractivity contribution in [3.05, 3.63) is 72.5 Å². The minimum atomic E-state index is -0.776. The minimum absolute atomic E-state index is 0.177. The Morgan fingerprint density at radius 3 is 2.36 bits per heavy atom. The normalized spacial score (nSPS) is 10.6. The second-order valence-corrected chi connectivity index (χ2v) is 6.51. The molecule has 1 heterocycles. The van der Waals surface area contributed by atoms with Crippen molar-refractivity contribution in [1.82, 2.24) is 4.98 Å². The van der Waals surface area contributed by atoms with E-state index in [4.69, 9.17) is 9.84 Å². The fourth-order valence-corrected chi connectivity index (χ4v) is 2.88. The topological polar surface area (TPSA) is 59.4 Å². The van der Waals surface area contributed by atoms with Gasteiger partial charge in [-0.05, 0) is 60.7 Å². The predicted octanol–water partition coefficient (Wildman–Crippen LogP) is 5.58. The molecule has 0 unspecified atom stereocenters. The van der Waals surface area contributed by atoms with E-state index in [-0.39, 0.29) is 12.2 Å². The summed E-state index contributed by atoms with van der Waals surface area (Å²) in [6.45, 7) is 0.466. The van der Waals surface area contributed by atoms with E-state index >= 15 is 0 Å². The molecule has 0 saturated carbocycles. The molecule has 2 aromatic carbocycles. The maximum absolute atomic E-state index is 13.3. The number of pyridine rings is 1. The molecule has 0 fully saturated rings. The highest BCUT2D eigenvalue weighted by atomic mass is 19.1. The molecule has 3 aromatic rings. The predicted molar refractivity (Wildman–Crippen MR) is 107 cm³/mol. The molecule has 0 aliphatic carbocycles. The maximum atomic E-state index is 13.3. The van der Waals surface area contributed by atoms with Gasteiger partial charge >= 0.3 is 5.97 Å². The number of ether oxygens (including phenoxy) is 1. The zero-order valence-electron chi connectivity index (χ0n) is 15.5. The molecule has 28 heavy (non-hydrogen) atoms. The number of rotatable bonds is 9. The van der Waals surface area contributed by atoms with Gasteiger partial charge in [0, 0.05) is 18.1 Å². The van der Waals surface area contributed by atoms with Crippen LogP contribution in [0.5, 0.6) is 5.88 Å². The standard InChI is InChI=1S/C23H22FNO3/c24-20-12-10-18(11-13-20)21-15-19(17-7-3-1-4-8-17)16-22(25-21)28-14-6-2-5-9-23(26)27/h1,3-4,7-8,10-13,15-16H,2,5-6,9,14H2,(H,26,27). The first-order chi connectivity index (χ1) is 13.6. The summed E-state index contributed by atoms with van der Waals surface area (Å²) < 4.78 is 19.1. The van der Waals surface area contributed by atoms with Crippen LogP contribution >= 0.6 is 0 Å². The quantitative estimate of drug-likeness (QED) is 0.493. The number of hydrogen-bond donors (Lipinski definition) is 1. The summed E-state index contributed by atoms with van der Waals surface area (Å²) in [5.74, 6) is -0.568. The first kappa shape index (κ1) is 19.5. The lowest BCUT2D eigenvalue weighted by Gasteiger charge is -2.11. The van der Waals surface area contributed by atoms with Gasteiger partial charge in [0.25, 0.3) is 0 Å². The van der Waals surface area contributed by atoms with Gasteiger partial charge in [-0.25, -0.2) is 9.37 Å².